The lowest BCUT2D eigenvalue weighted by atomic mass is 9.51. The molecule has 128 valence electrons. The molecule has 6 atom stereocenters. The van der Waals surface area contributed by atoms with E-state index in [1.54, 1.807) is 5.57 Å². The van der Waals surface area contributed by atoms with E-state index in [0.717, 1.165) is 36.0 Å². The third-order valence-electron chi connectivity index (χ3n) is 8.27. The zero-order valence-corrected chi connectivity index (χ0v) is 15.1. The van der Waals surface area contributed by atoms with Crippen LogP contribution in [0.25, 0.3) is 0 Å². The molecule has 0 aromatic rings. The van der Waals surface area contributed by atoms with Crippen molar-refractivity contribution in [2.45, 2.75) is 78.1 Å². The van der Waals surface area contributed by atoms with Gasteiger partial charge in [0.05, 0.1) is 0 Å². The number of rotatable bonds is 3. The van der Waals surface area contributed by atoms with Crippen molar-refractivity contribution >= 4 is 0 Å². The van der Waals surface area contributed by atoms with Gasteiger partial charge in [0.2, 0.25) is 0 Å². The molecular formula is C22H34O. The van der Waals surface area contributed by atoms with E-state index in [2.05, 4.69) is 26.0 Å². The summed E-state index contributed by atoms with van der Waals surface area (Å²) in [5, 5.41) is 9.84. The van der Waals surface area contributed by atoms with Crippen molar-refractivity contribution in [2.24, 2.45) is 35.0 Å². The molecule has 0 heterocycles. The lowest BCUT2D eigenvalue weighted by Crippen LogP contribution is -2.46. The summed E-state index contributed by atoms with van der Waals surface area (Å²) in [6, 6.07) is 0. The van der Waals surface area contributed by atoms with Crippen molar-refractivity contribution in [3.05, 3.63) is 23.5 Å². The highest BCUT2D eigenvalue weighted by Gasteiger charge is 2.55. The maximum absolute atomic E-state index is 9.84. The minimum absolute atomic E-state index is 0.524. The number of hydrogen-bond acceptors (Lipinski definition) is 1. The minimum Gasteiger partial charge on any atom is -0.508 e. The van der Waals surface area contributed by atoms with Gasteiger partial charge in [-0.25, -0.2) is 0 Å². The fourth-order valence-electron chi connectivity index (χ4n) is 7.06. The van der Waals surface area contributed by atoms with Crippen LogP contribution in [0.15, 0.2) is 23.5 Å². The van der Waals surface area contributed by atoms with Gasteiger partial charge in [-0.2, -0.15) is 0 Å². The van der Waals surface area contributed by atoms with E-state index in [9.17, 15) is 5.11 Å². The molecule has 1 nitrogen and oxygen atoms in total. The summed E-state index contributed by atoms with van der Waals surface area (Å²) in [7, 11) is 0. The fraction of sp³-hybridized carbons (Fsp3) is 0.818. The first-order valence-corrected chi connectivity index (χ1v) is 10.2. The Bertz CT molecular complexity index is 516. The second-order valence-electron chi connectivity index (χ2n) is 9.12. The molecule has 4 rings (SSSR count). The first-order valence-electron chi connectivity index (χ1n) is 10.2. The van der Waals surface area contributed by atoms with E-state index in [0.29, 0.717) is 11.2 Å². The first kappa shape index (κ1) is 15.8. The van der Waals surface area contributed by atoms with Crippen molar-refractivity contribution in [1.82, 2.24) is 0 Å². The van der Waals surface area contributed by atoms with Gasteiger partial charge in [-0.15, -0.1) is 0 Å². The summed E-state index contributed by atoms with van der Waals surface area (Å²) >= 11 is 0. The molecule has 5 unspecified atom stereocenters. The van der Waals surface area contributed by atoms with Crippen molar-refractivity contribution in [2.75, 3.05) is 0 Å². The summed E-state index contributed by atoms with van der Waals surface area (Å²) < 4.78 is 0. The van der Waals surface area contributed by atoms with E-state index in [-0.39, 0.29) is 0 Å². The van der Waals surface area contributed by atoms with Crippen LogP contribution in [-0.2, 0) is 0 Å². The quantitative estimate of drug-likeness (QED) is 0.637. The van der Waals surface area contributed by atoms with Crippen LogP contribution in [0.5, 0.6) is 0 Å². The van der Waals surface area contributed by atoms with Crippen LogP contribution in [0.3, 0.4) is 0 Å². The van der Waals surface area contributed by atoms with Gasteiger partial charge in [0.15, 0.2) is 0 Å². The number of unbranched alkanes of at least 4 members (excludes halogenated alkanes) is 1. The van der Waals surface area contributed by atoms with Crippen LogP contribution in [0, 0.1) is 35.0 Å². The smallest absolute Gasteiger partial charge is 0.111 e. The largest absolute Gasteiger partial charge is 0.508 e. The highest BCUT2D eigenvalue weighted by Crippen LogP contribution is 2.64. The van der Waals surface area contributed by atoms with Crippen LogP contribution >= 0.6 is 0 Å². The summed E-state index contributed by atoms with van der Waals surface area (Å²) in [6.07, 6.45) is 18.1. The van der Waals surface area contributed by atoms with Gasteiger partial charge >= 0.3 is 0 Å². The molecule has 0 saturated heterocycles. The predicted octanol–water partition coefficient (Wildman–Crippen LogP) is 6.42. The number of allylic oxidation sites excluding steroid dienone is 3. The molecule has 1 heteroatoms. The topological polar surface area (TPSA) is 20.2 Å². The Labute approximate surface area is 142 Å². The lowest BCUT2D eigenvalue weighted by Gasteiger charge is -2.54. The normalized spacial score (nSPS) is 45.6. The molecule has 23 heavy (non-hydrogen) atoms. The zero-order valence-electron chi connectivity index (χ0n) is 15.1. The molecule has 0 bridgehead atoms. The van der Waals surface area contributed by atoms with Crippen LogP contribution in [0.1, 0.15) is 78.1 Å². The monoisotopic (exact) mass is 314 g/mol. The number of hydrogen-bond donors (Lipinski definition) is 1. The van der Waals surface area contributed by atoms with Gasteiger partial charge in [0.25, 0.3) is 0 Å². The molecule has 0 aliphatic heterocycles. The molecule has 4 aliphatic rings. The Hall–Kier alpha value is -0.720. The van der Waals surface area contributed by atoms with Crippen molar-refractivity contribution in [3.63, 3.8) is 0 Å². The SMILES string of the molecule is CCCCC1CCC2C3CCC4=CC(O)=CCC4C3CC[C@]12C. The Morgan fingerprint density at radius 2 is 2.04 bits per heavy atom. The maximum atomic E-state index is 9.84. The van der Waals surface area contributed by atoms with E-state index < -0.39 is 0 Å². The van der Waals surface area contributed by atoms with Crippen molar-refractivity contribution < 1.29 is 5.11 Å². The highest BCUT2D eigenvalue weighted by molar-refractivity contribution is 5.28. The van der Waals surface area contributed by atoms with E-state index in [1.807, 2.05) is 0 Å². The van der Waals surface area contributed by atoms with Gasteiger partial charge in [0, 0.05) is 0 Å². The second kappa shape index (κ2) is 5.97. The van der Waals surface area contributed by atoms with E-state index in [1.165, 1.54) is 57.8 Å². The Morgan fingerprint density at radius 1 is 1.17 bits per heavy atom. The van der Waals surface area contributed by atoms with Gasteiger partial charge in [-0.3, -0.25) is 0 Å². The molecular weight excluding hydrogens is 280 g/mol. The standard InChI is InChI=1S/C22H34O/c1-3-4-5-16-7-11-21-20-9-6-15-14-17(23)8-10-18(15)19(20)12-13-22(16,21)2/h8,14,16,18-21,23H,3-7,9-13H2,1-2H3/t16?,18?,19?,20?,21?,22-/m1/s1. The van der Waals surface area contributed by atoms with Gasteiger partial charge in [0.1, 0.15) is 5.76 Å². The minimum atomic E-state index is 0.524. The number of fused-ring (bicyclic) bond motifs is 5. The molecule has 1 N–H and O–H groups in total. The molecule has 0 spiro atoms. The molecule has 4 aliphatic carbocycles. The molecule has 3 fully saturated rings. The van der Waals surface area contributed by atoms with Gasteiger partial charge in [-0.1, -0.05) is 32.3 Å². The fourth-order valence-corrected chi connectivity index (χ4v) is 7.06. The van der Waals surface area contributed by atoms with Gasteiger partial charge < -0.3 is 5.11 Å². The van der Waals surface area contributed by atoms with Crippen molar-refractivity contribution in [1.29, 1.82) is 0 Å². The zero-order chi connectivity index (χ0) is 16.0. The van der Waals surface area contributed by atoms with Crippen LogP contribution in [-0.4, -0.2) is 5.11 Å². The highest BCUT2D eigenvalue weighted by atomic mass is 16.3. The third-order valence-corrected chi connectivity index (χ3v) is 8.27. The predicted molar refractivity (Wildman–Crippen MR) is 96.2 cm³/mol. The van der Waals surface area contributed by atoms with Crippen LogP contribution in [0.2, 0.25) is 0 Å². The molecule has 3 saturated carbocycles. The summed E-state index contributed by atoms with van der Waals surface area (Å²) in [6.45, 7) is 4.99. The maximum Gasteiger partial charge on any atom is 0.111 e. The van der Waals surface area contributed by atoms with E-state index >= 15 is 0 Å². The summed E-state index contributed by atoms with van der Waals surface area (Å²) in [5.41, 5.74) is 2.21. The van der Waals surface area contributed by atoms with E-state index in [4.69, 9.17) is 0 Å². The average molecular weight is 315 g/mol. The number of aliphatic hydroxyl groups excluding tert-OH is 1. The van der Waals surface area contributed by atoms with Crippen LogP contribution in [0.4, 0.5) is 0 Å². The van der Waals surface area contributed by atoms with Gasteiger partial charge in [-0.05, 0) is 98.5 Å². The lowest BCUT2D eigenvalue weighted by molar-refractivity contribution is -0.0208. The second-order valence-corrected chi connectivity index (χ2v) is 9.12. The Morgan fingerprint density at radius 3 is 2.87 bits per heavy atom. The Balaban J connectivity index is 1.53. The first-order chi connectivity index (χ1) is 11.1. The summed E-state index contributed by atoms with van der Waals surface area (Å²) in [5.74, 6) is 5.14. The third kappa shape index (κ3) is 2.50. The van der Waals surface area contributed by atoms with Crippen LogP contribution < -0.4 is 0 Å². The van der Waals surface area contributed by atoms with Crippen molar-refractivity contribution in [3.8, 4) is 0 Å². The molecule has 0 radical (unpaired) electrons. The molecule has 0 amide bonds. The Kier molecular flexibility index (Phi) is 4.10. The molecule has 0 aromatic carbocycles. The number of aliphatic hydroxyl groups is 1. The average Bonchev–Trinajstić information content (AvgIpc) is 2.89. The summed E-state index contributed by atoms with van der Waals surface area (Å²) in [4.78, 5) is 0. The molecule has 0 aromatic heterocycles.